The summed E-state index contributed by atoms with van der Waals surface area (Å²) < 4.78 is 2.04. The van der Waals surface area contributed by atoms with Crippen LogP contribution in [-0.4, -0.2) is 38.5 Å². The van der Waals surface area contributed by atoms with Gasteiger partial charge in [-0.25, -0.2) is 9.97 Å². The summed E-state index contributed by atoms with van der Waals surface area (Å²) >= 11 is 1.56. The fourth-order valence-electron chi connectivity index (χ4n) is 3.98. The van der Waals surface area contributed by atoms with E-state index in [0.29, 0.717) is 24.1 Å². The molecule has 1 fully saturated rings. The van der Waals surface area contributed by atoms with Gasteiger partial charge in [0.25, 0.3) is 5.91 Å². The van der Waals surface area contributed by atoms with Crippen LogP contribution in [0.5, 0.6) is 0 Å². The molecule has 0 aliphatic carbocycles. The topological polar surface area (TPSA) is 84.7 Å². The number of carbonyl (C=O) groups is 1. The molecule has 0 saturated carbocycles. The third-order valence-corrected chi connectivity index (χ3v) is 6.48. The van der Waals surface area contributed by atoms with Crippen molar-refractivity contribution in [1.82, 2.24) is 24.8 Å². The van der Waals surface area contributed by atoms with Crippen molar-refractivity contribution in [2.24, 2.45) is 5.92 Å². The number of hydrogen-bond acceptors (Lipinski definition) is 6. The maximum atomic E-state index is 12.9. The second-order valence-corrected chi connectivity index (χ2v) is 8.73. The molecule has 1 saturated heterocycles. The molecule has 0 bridgehead atoms. The first-order valence-corrected chi connectivity index (χ1v) is 11.5. The summed E-state index contributed by atoms with van der Waals surface area (Å²) in [7, 11) is 0. The third kappa shape index (κ3) is 4.50. The Bertz CT molecular complexity index is 1180. The molecular formula is C23H24N6OS. The van der Waals surface area contributed by atoms with Crippen molar-refractivity contribution in [3.8, 4) is 0 Å². The van der Waals surface area contributed by atoms with Gasteiger partial charge in [-0.15, -0.1) is 11.3 Å². The molecule has 1 amide bonds. The fraction of sp³-hybridized carbons (Fsp3) is 0.304. The molecule has 5 rings (SSSR count). The van der Waals surface area contributed by atoms with Gasteiger partial charge in [0.05, 0.1) is 16.0 Å². The Morgan fingerprint density at radius 1 is 1.19 bits per heavy atom. The summed E-state index contributed by atoms with van der Waals surface area (Å²) in [6, 6.07) is 13.8. The van der Waals surface area contributed by atoms with Crippen LogP contribution >= 0.6 is 11.3 Å². The van der Waals surface area contributed by atoms with Crippen molar-refractivity contribution in [3.05, 3.63) is 70.4 Å². The first-order valence-electron chi connectivity index (χ1n) is 10.6. The quantitative estimate of drug-likeness (QED) is 0.467. The average molecular weight is 433 g/mol. The number of para-hydroxylation sites is 2. The molecule has 3 aromatic heterocycles. The van der Waals surface area contributed by atoms with Crippen molar-refractivity contribution in [2.75, 3.05) is 18.4 Å². The molecular weight excluding hydrogens is 408 g/mol. The Labute approximate surface area is 184 Å². The zero-order chi connectivity index (χ0) is 21.0. The Morgan fingerprint density at radius 2 is 2.10 bits per heavy atom. The van der Waals surface area contributed by atoms with E-state index in [0.717, 1.165) is 47.7 Å². The number of nitrogens with zero attached hydrogens (tertiary/aromatic N) is 4. The number of aromatic nitrogens is 4. The van der Waals surface area contributed by atoms with E-state index in [9.17, 15) is 4.79 Å². The number of benzene rings is 1. The minimum absolute atomic E-state index is 0.221. The second kappa shape index (κ2) is 8.95. The first kappa shape index (κ1) is 19.8. The molecule has 1 atom stereocenters. The van der Waals surface area contributed by atoms with E-state index < -0.39 is 0 Å². The number of amides is 1. The van der Waals surface area contributed by atoms with Gasteiger partial charge in [0, 0.05) is 36.7 Å². The van der Waals surface area contributed by atoms with E-state index >= 15 is 0 Å². The minimum atomic E-state index is -0.221. The van der Waals surface area contributed by atoms with Crippen molar-refractivity contribution < 1.29 is 4.79 Å². The SMILES string of the molecule is O=C(Nc1nc2ccccc2n1CCc1ccccn1)c1csc(CC2CCNC2)n1. The van der Waals surface area contributed by atoms with Crippen molar-refractivity contribution in [1.29, 1.82) is 0 Å². The van der Waals surface area contributed by atoms with Gasteiger partial charge in [0.2, 0.25) is 5.95 Å². The molecule has 1 unspecified atom stereocenters. The Balaban J connectivity index is 1.34. The van der Waals surface area contributed by atoms with Gasteiger partial charge >= 0.3 is 0 Å². The van der Waals surface area contributed by atoms with Crippen LogP contribution in [0, 0.1) is 5.92 Å². The smallest absolute Gasteiger partial charge is 0.277 e. The summed E-state index contributed by atoms with van der Waals surface area (Å²) in [5.74, 6) is 0.927. The van der Waals surface area contributed by atoms with Crippen LogP contribution < -0.4 is 10.6 Å². The van der Waals surface area contributed by atoms with E-state index in [1.165, 1.54) is 6.42 Å². The molecule has 4 heterocycles. The third-order valence-electron chi connectivity index (χ3n) is 5.61. The monoisotopic (exact) mass is 432 g/mol. The second-order valence-electron chi connectivity index (χ2n) is 7.79. The number of rotatable bonds is 7. The zero-order valence-corrected chi connectivity index (χ0v) is 17.9. The molecule has 1 aliphatic heterocycles. The molecule has 8 heteroatoms. The molecule has 7 nitrogen and oxygen atoms in total. The van der Waals surface area contributed by atoms with Gasteiger partial charge in [-0.05, 0) is 49.7 Å². The van der Waals surface area contributed by atoms with Crippen molar-refractivity contribution in [2.45, 2.75) is 25.8 Å². The lowest BCUT2D eigenvalue weighted by Gasteiger charge is -2.09. The molecule has 0 radical (unpaired) electrons. The van der Waals surface area contributed by atoms with Gasteiger partial charge in [-0.1, -0.05) is 18.2 Å². The highest BCUT2D eigenvalue weighted by Crippen LogP contribution is 2.22. The highest BCUT2D eigenvalue weighted by molar-refractivity contribution is 7.09. The average Bonchev–Trinajstić information content (AvgIpc) is 3.54. The predicted molar refractivity (Wildman–Crippen MR) is 122 cm³/mol. The molecule has 31 heavy (non-hydrogen) atoms. The van der Waals surface area contributed by atoms with Gasteiger partial charge in [-0.3, -0.25) is 15.1 Å². The number of fused-ring (bicyclic) bond motifs is 1. The van der Waals surface area contributed by atoms with Gasteiger partial charge < -0.3 is 9.88 Å². The normalized spacial score (nSPS) is 16.1. The number of carbonyl (C=O) groups excluding carboxylic acids is 1. The van der Waals surface area contributed by atoms with Crippen LogP contribution in [0.25, 0.3) is 11.0 Å². The van der Waals surface area contributed by atoms with Gasteiger partial charge in [0.1, 0.15) is 5.69 Å². The highest BCUT2D eigenvalue weighted by Gasteiger charge is 2.20. The number of imidazole rings is 1. The maximum Gasteiger partial charge on any atom is 0.277 e. The lowest BCUT2D eigenvalue weighted by Crippen LogP contribution is -2.17. The maximum absolute atomic E-state index is 12.9. The number of hydrogen-bond donors (Lipinski definition) is 2. The Hall–Kier alpha value is -3.10. The molecule has 0 spiro atoms. The van der Waals surface area contributed by atoms with Gasteiger partial charge in [-0.2, -0.15) is 0 Å². The van der Waals surface area contributed by atoms with Crippen molar-refractivity contribution >= 4 is 34.2 Å². The highest BCUT2D eigenvalue weighted by atomic mass is 32.1. The Kier molecular flexibility index (Phi) is 5.73. The summed E-state index contributed by atoms with van der Waals surface area (Å²) in [6.07, 6.45) is 4.64. The minimum Gasteiger partial charge on any atom is -0.316 e. The van der Waals surface area contributed by atoms with Crippen LogP contribution in [0.2, 0.25) is 0 Å². The van der Waals surface area contributed by atoms with E-state index in [4.69, 9.17) is 0 Å². The molecule has 2 N–H and O–H groups in total. The molecule has 1 aliphatic rings. The van der Waals surface area contributed by atoms with Crippen molar-refractivity contribution in [3.63, 3.8) is 0 Å². The zero-order valence-electron chi connectivity index (χ0n) is 17.1. The summed E-state index contributed by atoms with van der Waals surface area (Å²) in [4.78, 5) is 26.6. The molecule has 4 aromatic rings. The number of thiazole rings is 1. The number of aryl methyl sites for hydroxylation is 2. The number of pyridine rings is 1. The summed E-state index contributed by atoms with van der Waals surface area (Å²) in [5, 5.41) is 9.22. The Morgan fingerprint density at radius 3 is 2.94 bits per heavy atom. The van der Waals surface area contributed by atoms with Crippen LogP contribution in [0.1, 0.15) is 27.6 Å². The predicted octanol–water partition coefficient (Wildman–Crippen LogP) is 3.53. The largest absolute Gasteiger partial charge is 0.316 e. The molecule has 158 valence electrons. The van der Waals surface area contributed by atoms with Crippen LogP contribution in [0.3, 0.4) is 0 Å². The first-order chi connectivity index (χ1) is 15.3. The van der Waals surface area contributed by atoms with E-state index in [-0.39, 0.29) is 5.91 Å². The fourth-order valence-corrected chi connectivity index (χ4v) is 4.87. The lowest BCUT2D eigenvalue weighted by molar-refractivity contribution is 0.102. The summed E-state index contributed by atoms with van der Waals surface area (Å²) in [6.45, 7) is 2.77. The van der Waals surface area contributed by atoms with E-state index in [1.54, 1.807) is 17.5 Å². The standard InChI is InChI=1S/C23H24N6OS/c30-22(19-15-31-21(26-19)13-16-8-11-24-14-16)28-23-27-18-6-1-2-7-20(18)29(23)12-9-17-5-3-4-10-25-17/h1-7,10,15-16,24H,8-9,11-14H2,(H,27,28,30). The molecule has 1 aromatic carbocycles. The van der Waals surface area contributed by atoms with E-state index in [2.05, 4.69) is 25.6 Å². The van der Waals surface area contributed by atoms with E-state index in [1.807, 2.05) is 52.4 Å². The lowest BCUT2D eigenvalue weighted by atomic mass is 10.1. The van der Waals surface area contributed by atoms with Crippen LogP contribution in [0.4, 0.5) is 5.95 Å². The number of anilines is 1. The van der Waals surface area contributed by atoms with Crippen LogP contribution in [-0.2, 0) is 19.4 Å². The van der Waals surface area contributed by atoms with Gasteiger partial charge in [0.15, 0.2) is 0 Å². The summed E-state index contributed by atoms with van der Waals surface area (Å²) in [5.41, 5.74) is 3.30. The van der Waals surface area contributed by atoms with Crippen LogP contribution in [0.15, 0.2) is 54.0 Å². The number of nitrogens with one attached hydrogen (secondary N) is 2.